The predicted octanol–water partition coefficient (Wildman–Crippen LogP) is 4.99. The van der Waals surface area contributed by atoms with Crippen molar-refractivity contribution >= 4 is 23.0 Å². The summed E-state index contributed by atoms with van der Waals surface area (Å²) in [5, 5.41) is 5.01. The molecule has 4 rings (SSSR count). The average Bonchev–Trinajstić information content (AvgIpc) is 2.75. The maximum absolute atomic E-state index is 13.0. The third-order valence-corrected chi connectivity index (χ3v) is 5.03. The highest BCUT2D eigenvalue weighted by Crippen LogP contribution is 2.24. The Morgan fingerprint density at radius 3 is 2.40 bits per heavy atom. The molecule has 0 aliphatic rings. The highest BCUT2D eigenvalue weighted by molar-refractivity contribution is 6.07. The van der Waals surface area contributed by atoms with E-state index in [1.54, 1.807) is 24.7 Å². The van der Waals surface area contributed by atoms with E-state index >= 15 is 0 Å². The van der Waals surface area contributed by atoms with Crippen molar-refractivity contribution in [3.63, 3.8) is 0 Å². The molecule has 5 nitrogen and oxygen atoms in total. The van der Waals surface area contributed by atoms with Crippen LogP contribution in [-0.2, 0) is 0 Å². The fourth-order valence-corrected chi connectivity index (χ4v) is 3.64. The highest BCUT2D eigenvalue weighted by atomic mass is 16.2. The Hall–Kier alpha value is -3.86. The molecule has 2 heterocycles. The van der Waals surface area contributed by atoms with Gasteiger partial charge in [0, 0.05) is 28.9 Å². The number of rotatable bonds is 4. The first-order chi connectivity index (χ1) is 14.5. The second-order valence-corrected chi connectivity index (χ2v) is 7.32. The van der Waals surface area contributed by atoms with Crippen LogP contribution in [0.1, 0.15) is 32.6 Å². The number of para-hydroxylation sites is 1. The smallest absolute Gasteiger partial charge is 0.267 e. The summed E-state index contributed by atoms with van der Waals surface area (Å²) in [6.07, 6.45) is 5.13. The number of aromatic nitrogens is 2. The van der Waals surface area contributed by atoms with E-state index in [4.69, 9.17) is 4.98 Å². The largest absolute Gasteiger partial charge is 0.272 e. The minimum atomic E-state index is -0.275. The number of pyridine rings is 2. The molecule has 0 spiro atoms. The third-order valence-electron chi connectivity index (χ3n) is 5.03. The summed E-state index contributed by atoms with van der Waals surface area (Å²) in [7, 11) is 0. The first kappa shape index (κ1) is 19.5. The molecule has 0 unspecified atom stereocenters. The van der Waals surface area contributed by atoms with Crippen LogP contribution in [0.3, 0.4) is 0 Å². The monoisotopic (exact) mass is 394 g/mol. The zero-order chi connectivity index (χ0) is 21.1. The number of hydrogen-bond donors (Lipinski definition) is 1. The molecule has 4 aromatic rings. The Balaban J connectivity index is 1.68. The predicted molar refractivity (Wildman–Crippen MR) is 121 cm³/mol. The summed E-state index contributed by atoms with van der Waals surface area (Å²) >= 11 is 0. The second kappa shape index (κ2) is 8.25. The minimum absolute atomic E-state index is 0.275. The summed E-state index contributed by atoms with van der Waals surface area (Å²) in [5.41, 5.74) is 10.1. The molecule has 0 saturated carbocycles. The fraction of sp³-hybridized carbons (Fsp3) is 0.120. The van der Waals surface area contributed by atoms with Gasteiger partial charge in [0.15, 0.2) is 0 Å². The molecule has 0 aliphatic carbocycles. The number of carbonyl (C=O) groups excluding carboxylic acids is 1. The number of nitrogens with one attached hydrogen (secondary N) is 1. The highest BCUT2D eigenvalue weighted by Gasteiger charge is 2.13. The first-order valence-electron chi connectivity index (χ1n) is 9.74. The van der Waals surface area contributed by atoms with Crippen LogP contribution < -0.4 is 5.43 Å². The van der Waals surface area contributed by atoms with E-state index in [1.165, 1.54) is 5.56 Å². The molecule has 2 aromatic carbocycles. The molecule has 0 fully saturated rings. The van der Waals surface area contributed by atoms with Crippen molar-refractivity contribution < 1.29 is 4.79 Å². The molecule has 0 saturated heterocycles. The van der Waals surface area contributed by atoms with E-state index in [0.29, 0.717) is 5.56 Å². The lowest BCUT2D eigenvalue weighted by molar-refractivity contribution is 0.0956. The summed E-state index contributed by atoms with van der Waals surface area (Å²) in [4.78, 5) is 21.7. The normalized spacial score (nSPS) is 11.2. The SMILES string of the molecule is Cc1cc(C)c(/C=N/NC(=O)c2cc(-c3ccncc3)nc3ccccc23)c(C)c1. The van der Waals surface area contributed by atoms with Crippen molar-refractivity contribution in [3.8, 4) is 11.3 Å². The Bertz CT molecular complexity index is 1240. The number of hydrazone groups is 1. The number of amides is 1. The lowest BCUT2D eigenvalue weighted by Gasteiger charge is -2.09. The van der Waals surface area contributed by atoms with E-state index in [-0.39, 0.29) is 5.91 Å². The lowest BCUT2D eigenvalue weighted by atomic mass is 10.0. The zero-order valence-electron chi connectivity index (χ0n) is 17.2. The van der Waals surface area contributed by atoms with E-state index in [1.807, 2.05) is 50.2 Å². The molecule has 1 amide bonds. The molecule has 0 aliphatic heterocycles. The molecule has 0 bridgehead atoms. The van der Waals surface area contributed by atoms with Gasteiger partial charge in [0.1, 0.15) is 0 Å². The van der Waals surface area contributed by atoms with Gasteiger partial charge in [0.25, 0.3) is 5.91 Å². The maximum Gasteiger partial charge on any atom is 0.272 e. The van der Waals surface area contributed by atoms with Crippen molar-refractivity contribution in [3.05, 3.63) is 94.8 Å². The van der Waals surface area contributed by atoms with Gasteiger partial charge in [-0.25, -0.2) is 10.4 Å². The van der Waals surface area contributed by atoms with Gasteiger partial charge in [-0.3, -0.25) is 9.78 Å². The van der Waals surface area contributed by atoms with Crippen LogP contribution in [0.2, 0.25) is 0 Å². The molecule has 0 radical (unpaired) electrons. The van der Waals surface area contributed by atoms with Gasteiger partial charge >= 0.3 is 0 Å². The van der Waals surface area contributed by atoms with Gasteiger partial charge in [-0.1, -0.05) is 35.9 Å². The Morgan fingerprint density at radius 1 is 0.967 bits per heavy atom. The molecule has 5 heteroatoms. The average molecular weight is 394 g/mol. The quantitative estimate of drug-likeness (QED) is 0.392. The Labute approximate surface area is 175 Å². The molecule has 1 N–H and O–H groups in total. The van der Waals surface area contributed by atoms with Crippen LogP contribution in [0, 0.1) is 20.8 Å². The van der Waals surface area contributed by atoms with Gasteiger partial charge < -0.3 is 0 Å². The van der Waals surface area contributed by atoms with Gasteiger partial charge in [0.05, 0.1) is 23.0 Å². The van der Waals surface area contributed by atoms with Crippen molar-refractivity contribution in [1.82, 2.24) is 15.4 Å². The van der Waals surface area contributed by atoms with E-state index in [0.717, 1.165) is 38.9 Å². The maximum atomic E-state index is 13.0. The van der Waals surface area contributed by atoms with E-state index in [2.05, 4.69) is 34.6 Å². The summed E-state index contributed by atoms with van der Waals surface area (Å²) < 4.78 is 0. The van der Waals surface area contributed by atoms with Crippen LogP contribution >= 0.6 is 0 Å². The van der Waals surface area contributed by atoms with E-state index in [9.17, 15) is 4.79 Å². The number of carbonyl (C=O) groups is 1. The first-order valence-corrected chi connectivity index (χ1v) is 9.74. The van der Waals surface area contributed by atoms with Crippen LogP contribution in [0.4, 0.5) is 0 Å². The molecular weight excluding hydrogens is 372 g/mol. The van der Waals surface area contributed by atoms with Crippen molar-refractivity contribution in [2.24, 2.45) is 5.10 Å². The zero-order valence-corrected chi connectivity index (χ0v) is 17.2. The van der Waals surface area contributed by atoms with Crippen molar-refractivity contribution in [2.75, 3.05) is 0 Å². The topological polar surface area (TPSA) is 67.2 Å². The van der Waals surface area contributed by atoms with Crippen molar-refractivity contribution in [2.45, 2.75) is 20.8 Å². The van der Waals surface area contributed by atoms with Crippen molar-refractivity contribution in [1.29, 1.82) is 0 Å². The minimum Gasteiger partial charge on any atom is -0.267 e. The summed E-state index contributed by atoms with van der Waals surface area (Å²) in [5.74, 6) is -0.275. The standard InChI is InChI=1S/C25H22N4O/c1-16-12-17(2)22(18(3)13-16)15-27-29-25(30)21-14-24(19-8-10-26-11-9-19)28-23-7-5-4-6-20(21)23/h4-15H,1-3H3,(H,29,30)/b27-15+. The number of nitrogens with zero attached hydrogens (tertiary/aromatic N) is 3. The molecule has 2 aromatic heterocycles. The molecule has 0 atom stereocenters. The lowest BCUT2D eigenvalue weighted by Crippen LogP contribution is -2.18. The van der Waals surface area contributed by atoms with Gasteiger partial charge in [-0.05, 0) is 56.2 Å². The summed E-state index contributed by atoms with van der Waals surface area (Å²) in [6, 6.07) is 17.4. The molecular formula is C25H22N4O. The van der Waals surface area contributed by atoms with Crippen LogP contribution in [0.25, 0.3) is 22.2 Å². The van der Waals surface area contributed by atoms with Crippen LogP contribution in [0.15, 0.2) is 72.1 Å². The fourth-order valence-electron chi connectivity index (χ4n) is 3.64. The number of fused-ring (bicyclic) bond motifs is 1. The second-order valence-electron chi connectivity index (χ2n) is 7.32. The van der Waals surface area contributed by atoms with Crippen LogP contribution in [0.5, 0.6) is 0 Å². The summed E-state index contributed by atoms with van der Waals surface area (Å²) in [6.45, 7) is 6.15. The van der Waals surface area contributed by atoms with E-state index < -0.39 is 0 Å². The van der Waals surface area contributed by atoms with Gasteiger partial charge in [-0.2, -0.15) is 5.10 Å². The number of aryl methyl sites for hydroxylation is 3. The number of hydrogen-bond acceptors (Lipinski definition) is 4. The van der Waals surface area contributed by atoms with Crippen LogP contribution in [-0.4, -0.2) is 22.1 Å². The molecule has 30 heavy (non-hydrogen) atoms. The third kappa shape index (κ3) is 3.96. The van der Waals surface area contributed by atoms with Gasteiger partial charge in [0.2, 0.25) is 0 Å². The van der Waals surface area contributed by atoms with Gasteiger partial charge in [-0.15, -0.1) is 0 Å². The number of benzene rings is 2. The Morgan fingerprint density at radius 2 is 1.67 bits per heavy atom. The molecule has 148 valence electrons. The Kier molecular flexibility index (Phi) is 5.35.